The number of amides is 1. The Morgan fingerprint density at radius 3 is 2.50 bits per heavy atom. The summed E-state index contributed by atoms with van der Waals surface area (Å²) in [5.74, 6) is -0.0835. The van der Waals surface area contributed by atoms with Gasteiger partial charge in [-0.25, -0.2) is 0 Å². The van der Waals surface area contributed by atoms with Crippen molar-refractivity contribution in [3.05, 3.63) is 29.3 Å². The summed E-state index contributed by atoms with van der Waals surface area (Å²) < 4.78 is 0. The maximum Gasteiger partial charge on any atom is 0.254 e. The number of aliphatic hydroxyl groups is 1. The van der Waals surface area contributed by atoms with E-state index in [0.717, 1.165) is 11.3 Å². The number of carbonyl (C=O) groups excluding carboxylic acids is 1. The van der Waals surface area contributed by atoms with E-state index >= 15 is 0 Å². The number of carbonyl (C=O) groups is 1. The molecule has 0 bridgehead atoms. The molecule has 100 valence electrons. The van der Waals surface area contributed by atoms with Crippen LogP contribution in [0.1, 0.15) is 29.8 Å². The lowest BCUT2D eigenvalue weighted by molar-refractivity contribution is 0.0473. The Balaban J connectivity index is 3.01. The lowest BCUT2D eigenvalue weighted by atomic mass is 10.0. The van der Waals surface area contributed by atoms with Gasteiger partial charge in [-0.3, -0.25) is 4.79 Å². The molecule has 0 aliphatic heterocycles. The number of likely N-dealkylation sites (N-methyl/N-ethyl adjacent to an activating group) is 1. The average Bonchev–Trinajstić information content (AvgIpc) is 2.36. The largest absolute Gasteiger partial charge is 0.394 e. The summed E-state index contributed by atoms with van der Waals surface area (Å²) in [6.07, 6.45) is 0. The SMILES string of the molecule is CNc1ccc(C(=O)N(C)C(C)(C)CO)cc1C. The van der Waals surface area contributed by atoms with Crippen molar-refractivity contribution in [3.63, 3.8) is 0 Å². The summed E-state index contributed by atoms with van der Waals surface area (Å²) in [5, 5.41) is 12.4. The Morgan fingerprint density at radius 2 is 2.06 bits per heavy atom. The molecule has 1 amide bonds. The number of hydrogen-bond acceptors (Lipinski definition) is 3. The highest BCUT2D eigenvalue weighted by Crippen LogP contribution is 2.19. The standard InChI is InChI=1S/C14H22N2O2/c1-10-8-11(6-7-12(10)15-4)13(18)16(5)14(2,3)9-17/h6-8,15,17H,9H2,1-5H3. The van der Waals surface area contributed by atoms with Gasteiger partial charge in [0.25, 0.3) is 5.91 Å². The third-order valence-corrected chi connectivity index (χ3v) is 3.34. The number of benzene rings is 1. The predicted molar refractivity (Wildman–Crippen MR) is 74.0 cm³/mol. The Morgan fingerprint density at radius 1 is 1.44 bits per heavy atom. The van der Waals surface area contributed by atoms with Crippen molar-refractivity contribution in [2.45, 2.75) is 26.3 Å². The van der Waals surface area contributed by atoms with Crippen molar-refractivity contribution < 1.29 is 9.90 Å². The number of hydrogen-bond donors (Lipinski definition) is 2. The van der Waals surface area contributed by atoms with Crippen LogP contribution >= 0.6 is 0 Å². The van der Waals surface area contributed by atoms with Crippen LogP contribution in [0.2, 0.25) is 0 Å². The molecule has 1 rings (SSSR count). The summed E-state index contributed by atoms with van der Waals surface area (Å²) in [4.78, 5) is 13.9. The molecule has 0 saturated carbocycles. The Labute approximate surface area is 109 Å². The van der Waals surface area contributed by atoms with Crippen LogP contribution in [0, 0.1) is 6.92 Å². The fourth-order valence-electron chi connectivity index (χ4n) is 1.65. The highest BCUT2D eigenvalue weighted by atomic mass is 16.3. The van der Waals surface area contributed by atoms with Gasteiger partial charge in [-0.05, 0) is 44.5 Å². The van der Waals surface area contributed by atoms with Crippen molar-refractivity contribution in [3.8, 4) is 0 Å². The molecule has 0 unspecified atom stereocenters. The summed E-state index contributed by atoms with van der Waals surface area (Å²) in [7, 11) is 3.56. The minimum Gasteiger partial charge on any atom is -0.394 e. The predicted octanol–water partition coefficient (Wildman–Crippen LogP) is 1.88. The molecular weight excluding hydrogens is 228 g/mol. The van der Waals surface area contributed by atoms with Crippen LogP contribution < -0.4 is 5.32 Å². The molecule has 0 heterocycles. The smallest absolute Gasteiger partial charge is 0.254 e. The van der Waals surface area contributed by atoms with Gasteiger partial charge < -0.3 is 15.3 Å². The van der Waals surface area contributed by atoms with Crippen LogP contribution in [0.4, 0.5) is 5.69 Å². The van der Waals surface area contributed by atoms with Crippen molar-refractivity contribution in [1.29, 1.82) is 0 Å². The molecule has 2 N–H and O–H groups in total. The molecule has 18 heavy (non-hydrogen) atoms. The fraction of sp³-hybridized carbons (Fsp3) is 0.500. The third-order valence-electron chi connectivity index (χ3n) is 3.34. The first-order valence-corrected chi connectivity index (χ1v) is 6.01. The van der Waals surface area contributed by atoms with Crippen molar-refractivity contribution in [2.24, 2.45) is 0 Å². The first-order valence-electron chi connectivity index (χ1n) is 6.01. The van der Waals surface area contributed by atoms with E-state index in [1.54, 1.807) is 18.0 Å². The quantitative estimate of drug-likeness (QED) is 0.858. The molecule has 4 nitrogen and oxygen atoms in total. The second-order valence-electron chi connectivity index (χ2n) is 5.11. The fourth-order valence-corrected chi connectivity index (χ4v) is 1.65. The number of nitrogens with one attached hydrogen (secondary N) is 1. The second-order valence-corrected chi connectivity index (χ2v) is 5.11. The lowest BCUT2D eigenvalue weighted by Crippen LogP contribution is -2.47. The van der Waals surface area contributed by atoms with E-state index in [1.165, 1.54) is 0 Å². The Hall–Kier alpha value is -1.55. The van der Waals surface area contributed by atoms with Crippen LogP contribution in [0.15, 0.2) is 18.2 Å². The van der Waals surface area contributed by atoms with Gasteiger partial charge in [0, 0.05) is 25.3 Å². The molecule has 4 heteroatoms. The molecule has 1 aromatic carbocycles. The van der Waals surface area contributed by atoms with Gasteiger partial charge in [-0.1, -0.05) is 0 Å². The van der Waals surface area contributed by atoms with Gasteiger partial charge in [0.15, 0.2) is 0 Å². The van der Waals surface area contributed by atoms with Gasteiger partial charge >= 0.3 is 0 Å². The minimum atomic E-state index is -0.563. The molecule has 0 atom stereocenters. The number of anilines is 1. The van der Waals surface area contributed by atoms with Gasteiger partial charge in [0.2, 0.25) is 0 Å². The van der Waals surface area contributed by atoms with Crippen LogP contribution in [-0.4, -0.2) is 42.2 Å². The molecule has 0 spiro atoms. The van der Waals surface area contributed by atoms with Crippen LogP contribution in [0.3, 0.4) is 0 Å². The molecule has 0 aromatic heterocycles. The summed E-state index contributed by atoms with van der Waals surface area (Å²) >= 11 is 0. The van der Waals surface area contributed by atoms with Gasteiger partial charge in [0.05, 0.1) is 12.1 Å². The van der Waals surface area contributed by atoms with E-state index in [4.69, 9.17) is 0 Å². The van der Waals surface area contributed by atoms with Gasteiger partial charge in [-0.2, -0.15) is 0 Å². The van der Waals surface area contributed by atoms with Crippen LogP contribution in [-0.2, 0) is 0 Å². The summed E-state index contributed by atoms with van der Waals surface area (Å²) in [6, 6.07) is 5.55. The zero-order valence-corrected chi connectivity index (χ0v) is 11.7. The molecule has 0 radical (unpaired) electrons. The average molecular weight is 250 g/mol. The highest BCUT2D eigenvalue weighted by Gasteiger charge is 2.27. The van der Waals surface area contributed by atoms with E-state index in [0.29, 0.717) is 5.56 Å². The van der Waals surface area contributed by atoms with E-state index in [-0.39, 0.29) is 12.5 Å². The van der Waals surface area contributed by atoms with E-state index < -0.39 is 5.54 Å². The monoisotopic (exact) mass is 250 g/mol. The molecule has 1 aromatic rings. The summed E-state index contributed by atoms with van der Waals surface area (Å²) in [5.41, 5.74) is 2.11. The number of aryl methyl sites for hydroxylation is 1. The summed E-state index contributed by atoms with van der Waals surface area (Å²) in [6.45, 7) is 5.56. The van der Waals surface area contributed by atoms with Gasteiger partial charge in [0.1, 0.15) is 0 Å². The minimum absolute atomic E-state index is 0.0666. The zero-order chi connectivity index (χ0) is 13.9. The normalized spacial score (nSPS) is 11.2. The number of nitrogens with zero attached hydrogens (tertiary/aromatic N) is 1. The second kappa shape index (κ2) is 5.40. The Kier molecular flexibility index (Phi) is 4.35. The van der Waals surface area contributed by atoms with Crippen molar-refractivity contribution >= 4 is 11.6 Å². The lowest BCUT2D eigenvalue weighted by Gasteiger charge is -2.34. The zero-order valence-electron chi connectivity index (χ0n) is 11.7. The molecule has 0 aliphatic carbocycles. The van der Waals surface area contributed by atoms with Gasteiger partial charge in [-0.15, -0.1) is 0 Å². The molecule has 0 aliphatic rings. The first kappa shape index (κ1) is 14.5. The van der Waals surface area contributed by atoms with Crippen molar-refractivity contribution in [1.82, 2.24) is 4.90 Å². The maximum absolute atomic E-state index is 12.3. The molecular formula is C14H22N2O2. The molecule has 0 fully saturated rings. The topological polar surface area (TPSA) is 52.6 Å². The maximum atomic E-state index is 12.3. The molecule has 0 saturated heterocycles. The number of aliphatic hydroxyl groups excluding tert-OH is 1. The Bertz CT molecular complexity index is 441. The van der Waals surface area contributed by atoms with E-state index in [9.17, 15) is 9.90 Å². The van der Waals surface area contributed by atoms with Crippen LogP contribution in [0.5, 0.6) is 0 Å². The highest BCUT2D eigenvalue weighted by molar-refractivity contribution is 5.95. The number of rotatable bonds is 4. The third kappa shape index (κ3) is 2.82. The van der Waals surface area contributed by atoms with Crippen LogP contribution in [0.25, 0.3) is 0 Å². The van der Waals surface area contributed by atoms with Crippen molar-refractivity contribution in [2.75, 3.05) is 26.0 Å². The first-order chi connectivity index (χ1) is 8.33. The van der Waals surface area contributed by atoms with E-state index in [1.807, 2.05) is 40.0 Å². The van der Waals surface area contributed by atoms with E-state index in [2.05, 4.69) is 5.32 Å².